The first-order chi connectivity index (χ1) is 18.1. The van der Waals surface area contributed by atoms with Crippen LogP contribution in [-0.4, -0.2) is 72.9 Å². The zero-order valence-electron chi connectivity index (χ0n) is 20.3. The lowest BCUT2D eigenvalue weighted by molar-refractivity contribution is -0.154. The smallest absolute Gasteiger partial charge is 0.422 e. The van der Waals surface area contributed by atoms with Crippen molar-refractivity contribution in [3.8, 4) is 11.6 Å². The summed E-state index contributed by atoms with van der Waals surface area (Å²) in [7, 11) is 1.56. The van der Waals surface area contributed by atoms with Crippen LogP contribution in [0.3, 0.4) is 0 Å². The van der Waals surface area contributed by atoms with Crippen molar-refractivity contribution in [1.82, 2.24) is 20.0 Å². The number of likely N-dealkylation sites (tertiary alicyclic amines) is 1. The molecule has 38 heavy (non-hydrogen) atoms. The molecule has 2 atom stereocenters. The van der Waals surface area contributed by atoms with Gasteiger partial charge in [0.05, 0.1) is 18.3 Å². The highest BCUT2D eigenvalue weighted by Gasteiger charge is 2.35. The van der Waals surface area contributed by atoms with Crippen molar-refractivity contribution in [1.29, 1.82) is 0 Å². The van der Waals surface area contributed by atoms with Gasteiger partial charge in [0.2, 0.25) is 5.88 Å². The van der Waals surface area contributed by atoms with Crippen LogP contribution in [0.2, 0.25) is 0 Å². The summed E-state index contributed by atoms with van der Waals surface area (Å²) >= 11 is 0. The first-order valence-corrected chi connectivity index (χ1v) is 11.7. The molecule has 3 aromatic rings. The number of amides is 2. The first kappa shape index (κ1) is 27.3. The molecule has 8 nitrogen and oxygen atoms in total. The summed E-state index contributed by atoms with van der Waals surface area (Å²) in [6, 6.07) is 12.2. The average molecular weight is 540 g/mol. The maximum absolute atomic E-state index is 14.0. The molecule has 0 aliphatic carbocycles. The van der Waals surface area contributed by atoms with Crippen LogP contribution in [-0.2, 0) is 4.74 Å². The third kappa shape index (κ3) is 6.98. The van der Waals surface area contributed by atoms with Gasteiger partial charge in [0.15, 0.2) is 18.2 Å². The molecule has 1 aliphatic rings. The molecule has 13 heteroatoms. The number of rotatable bonds is 9. The summed E-state index contributed by atoms with van der Waals surface area (Å²) in [5.41, 5.74) is 1.00. The lowest BCUT2D eigenvalue weighted by atomic mass is 9.94. The SMILES string of the molecule is COCCN1C[C@@H](NC(=O)Nc2cc(OCC(F)(F)F)nn2-c2ccccc2)[C@H](c2ccc(F)c(F)c2)C1. The third-order valence-electron chi connectivity index (χ3n) is 6.01. The number of aromatic nitrogens is 2. The highest BCUT2D eigenvalue weighted by Crippen LogP contribution is 2.29. The van der Waals surface area contributed by atoms with Crippen LogP contribution in [0.15, 0.2) is 54.6 Å². The Kier molecular flexibility index (Phi) is 8.47. The van der Waals surface area contributed by atoms with Crippen LogP contribution in [0.25, 0.3) is 5.69 Å². The van der Waals surface area contributed by atoms with Gasteiger partial charge in [-0.3, -0.25) is 10.2 Å². The molecule has 0 unspecified atom stereocenters. The monoisotopic (exact) mass is 539 g/mol. The number of nitrogens with one attached hydrogen (secondary N) is 2. The van der Waals surface area contributed by atoms with E-state index in [1.165, 1.54) is 16.8 Å². The molecule has 4 rings (SSSR count). The largest absolute Gasteiger partial charge is 0.467 e. The number of methoxy groups -OCH3 is 1. The van der Waals surface area contributed by atoms with Crippen LogP contribution < -0.4 is 15.4 Å². The Bertz CT molecular complexity index is 1240. The minimum Gasteiger partial charge on any atom is -0.467 e. The van der Waals surface area contributed by atoms with Crippen LogP contribution in [0, 0.1) is 11.6 Å². The van der Waals surface area contributed by atoms with Gasteiger partial charge >= 0.3 is 12.2 Å². The van der Waals surface area contributed by atoms with Crippen LogP contribution in [0.5, 0.6) is 5.88 Å². The Labute approximate surface area is 215 Å². The molecule has 2 heterocycles. The number of urea groups is 1. The summed E-state index contributed by atoms with van der Waals surface area (Å²) in [5, 5.41) is 9.51. The topological polar surface area (TPSA) is 80.7 Å². The lowest BCUT2D eigenvalue weighted by Gasteiger charge is -2.21. The fourth-order valence-electron chi connectivity index (χ4n) is 4.28. The average Bonchev–Trinajstić information content (AvgIpc) is 3.47. The van der Waals surface area contributed by atoms with Gasteiger partial charge in [-0.1, -0.05) is 24.3 Å². The molecule has 0 bridgehead atoms. The molecule has 2 N–H and O–H groups in total. The number of alkyl halides is 3. The van der Waals surface area contributed by atoms with E-state index in [0.717, 1.165) is 12.1 Å². The Morgan fingerprint density at radius 3 is 2.53 bits per heavy atom. The zero-order valence-corrected chi connectivity index (χ0v) is 20.3. The number of benzene rings is 2. The van der Waals surface area contributed by atoms with Crippen molar-refractivity contribution in [2.75, 3.05) is 45.3 Å². The second kappa shape index (κ2) is 11.8. The number of carbonyl (C=O) groups is 1. The van der Waals surface area contributed by atoms with E-state index in [4.69, 9.17) is 9.47 Å². The van der Waals surface area contributed by atoms with Crippen molar-refractivity contribution in [2.24, 2.45) is 0 Å². The second-order valence-electron chi connectivity index (χ2n) is 8.76. The zero-order chi connectivity index (χ0) is 27.3. The van der Waals surface area contributed by atoms with Gasteiger partial charge < -0.3 is 14.8 Å². The summed E-state index contributed by atoms with van der Waals surface area (Å²) in [4.78, 5) is 15.1. The molecule has 2 amide bonds. The highest BCUT2D eigenvalue weighted by atomic mass is 19.4. The normalized spacial score (nSPS) is 17.9. The van der Waals surface area contributed by atoms with E-state index in [-0.39, 0.29) is 17.6 Å². The van der Waals surface area contributed by atoms with E-state index in [9.17, 15) is 26.7 Å². The van der Waals surface area contributed by atoms with Gasteiger partial charge in [-0.2, -0.15) is 13.2 Å². The molecule has 0 saturated carbocycles. The number of ether oxygens (including phenoxy) is 2. The van der Waals surface area contributed by atoms with Crippen molar-refractivity contribution in [2.45, 2.75) is 18.1 Å². The summed E-state index contributed by atoms with van der Waals surface area (Å²) in [5.74, 6) is -2.56. The molecular formula is C25H26F5N5O3. The number of halogens is 5. The fraction of sp³-hybridized carbons (Fsp3) is 0.360. The molecule has 1 aliphatic heterocycles. The van der Waals surface area contributed by atoms with Gasteiger partial charge in [0.25, 0.3) is 0 Å². The van der Waals surface area contributed by atoms with E-state index in [1.54, 1.807) is 37.4 Å². The van der Waals surface area contributed by atoms with Crippen LogP contribution in [0.1, 0.15) is 11.5 Å². The second-order valence-corrected chi connectivity index (χ2v) is 8.76. The van der Waals surface area contributed by atoms with Crippen LogP contribution >= 0.6 is 0 Å². The van der Waals surface area contributed by atoms with E-state index in [1.807, 2.05) is 4.90 Å². The quantitative estimate of drug-likeness (QED) is 0.396. The first-order valence-electron chi connectivity index (χ1n) is 11.7. The minimum absolute atomic E-state index is 0.0736. The number of hydrogen-bond acceptors (Lipinski definition) is 5. The summed E-state index contributed by atoms with van der Waals surface area (Å²) < 4.78 is 76.5. The Morgan fingerprint density at radius 1 is 1.08 bits per heavy atom. The molecule has 204 valence electrons. The Morgan fingerprint density at radius 2 is 1.84 bits per heavy atom. The van der Waals surface area contributed by atoms with Crippen molar-refractivity contribution < 1.29 is 36.2 Å². The number of anilines is 1. The van der Waals surface area contributed by atoms with Gasteiger partial charge in [0, 0.05) is 38.7 Å². The standard InChI is InChI=1S/C25H26F5N5O3/c1-37-10-9-34-13-18(16-7-8-19(26)20(27)11-16)21(14-34)31-24(36)32-22-12-23(38-15-25(28,29)30)33-35(22)17-5-3-2-4-6-17/h2-8,11-12,18,21H,9-10,13-15H2,1H3,(H2,31,32,36)/t18-,21+/m0/s1. The number of para-hydroxylation sites is 1. The Balaban J connectivity index is 1.53. The van der Waals surface area contributed by atoms with E-state index < -0.39 is 36.5 Å². The molecular weight excluding hydrogens is 513 g/mol. The lowest BCUT2D eigenvalue weighted by Crippen LogP contribution is -2.42. The van der Waals surface area contributed by atoms with E-state index >= 15 is 0 Å². The highest BCUT2D eigenvalue weighted by molar-refractivity contribution is 5.89. The fourth-order valence-corrected chi connectivity index (χ4v) is 4.28. The number of hydrogen-bond donors (Lipinski definition) is 2. The maximum atomic E-state index is 14.0. The maximum Gasteiger partial charge on any atom is 0.422 e. The van der Waals surface area contributed by atoms with Crippen molar-refractivity contribution >= 4 is 11.8 Å². The molecule has 2 aromatic carbocycles. The van der Waals surface area contributed by atoms with Crippen LogP contribution in [0.4, 0.5) is 32.6 Å². The third-order valence-corrected chi connectivity index (χ3v) is 6.01. The van der Waals surface area contributed by atoms with E-state index in [2.05, 4.69) is 15.7 Å². The Hall–Kier alpha value is -3.71. The van der Waals surface area contributed by atoms with Gasteiger partial charge in [-0.15, -0.1) is 5.10 Å². The number of carbonyl (C=O) groups excluding carboxylic acids is 1. The van der Waals surface area contributed by atoms with Crippen molar-refractivity contribution in [3.05, 3.63) is 71.8 Å². The molecule has 0 radical (unpaired) electrons. The predicted octanol–water partition coefficient (Wildman–Crippen LogP) is 4.33. The predicted molar refractivity (Wildman–Crippen MR) is 128 cm³/mol. The number of nitrogens with zero attached hydrogens (tertiary/aromatic N) is 3. The molecule has 1 saturated heterocycles. The molecule has 1 aromatic heterocycles. The molecule has 1 fully saturated rings. The van der Waals surface area contributed by atoms with Gasteiger partial charge in [-0.05, 0) is 29.8 Å². The summed E-state index contributed by atoms with van der Waals surface area (Å²) in [6.45, 7) is 0.354. The van der Waals surface area contributed by atoms with Crippen molar-refractivity contribution in [3.63, 3.8) is 0 Å². The van der Waals surface area contributed by atoms with Gasteiger partial charge in [0.1, 0.15) is 5.82 Å². The summed E-state index contributed by atoms with van der Waals surface area (Å²) in [6.07, 6.45) is -4.56. The van der Waals surface area contributed by atoms with E-state index in [0.29, 0.717) is 37.5 Å². The van der Waals surface area contributed by atoms with Gasteiger partial charge in [-0.25, -0.2) is 18.3 Å². The minimum atomic E-state index is -4.56. The molecule has 0 spiro atoms.